The highest BCUT2D eigenvalue weighted by atomic mass is 16.5. The Kier molecular flexibility index (Phi) is 15.6. The Morgan fingerprint density at radius 3 is 2.33 bits per heavy atom. The van der Waals surface area contributed by atoms with Gasteiger partial charge in [0.05, 0.1) is 12.2 Å². The monoisotopic (exact) mass is 500 g/mol. The van der Waals surface area contributed by atoms with Gasteiger partial charge in [-0.05, 0) is 19.4 Å². The Labute approximate surface area is 217 Å². The van der Waals surface area contributed by atoms with Gasteiger partial charge in [0.2, 0.25) is 0 Å². The van der Waals surface area contributed by atoms with Crippen molar-refractivity contribution in [3.63, 3.8) is 0 Å². The van der Waals surface area contributed by atoms with E-state index in [2.05, 4.69) is 0 Å². The number of aliphatic hydroxyl groups is 2. The van der Waals surface area contributed by atoms with Crippen LogP contribution in [0.2, 0.25) is 0 Å². The van der Waals surface area contributed by atoms with Gasteiger partial charge in [0.15, 0.2) is 0 Å². The third-order valence-electron chi connectivity index (χ3n) is 5.92. The largest absolute Gasteiger partial charge is 0.455 e. The number of hydrogen-bond donors (Lipinski definition) is 2. The van der Waals surface area contributed by atoms with E-state index in [4.69, 9.17) is 14.2 Å². The second-order valence-corrected chi connectivity index (χ2v) is 8.97. The summed E-state index contributed by atoms with van der Waals surface area (Å²) in [6, 6.07) is 0. The molecule has 0 radical (unpaired) electrons. The van der Waals surface area contributed by atoms with Crippen molar-refractivity contribution in [1.29, 1.82) is 0 Å². The van der Waals surface area contributed by atoms with Gasteiger partial charge in [-0.3, -0.25) is 0 Å². The van der Waals surface area contributed by atoms with Crippen molar-refractivity contribution in [2.75, 3.05) is 14.2 Å². The van der Waals surface area contributed by atoms with Gasteiger partial charge >= 0.3 is 5.97 Å². The molecule has 0 saturated heterocycles. The number of carbonyl (C=O) groups is 1. The summed E-state index contributed by atoms with van der Waals surface area (Å²) in [6.07, 6.45) is 21.7. The van der Waals surface area contributed by atoms with Gasteiger partial charge in [-0.25, -0.2) is 4.79 Å². The van der Waals surface area contributed by atoms with Gasteiger partial charge in [0.1, 0.15) is 18.3 Å². The van der Waals surface area contributed by atoms with E-state index in [1.54, 1.807) is 31.4 Å². The Bertz CT molecular complexity index is 848. The number of esters is 1. The van der Waals surface area contributed by atoms with Crippen molar-refractivity contribution in [2.45, 2.75) is 71.1 Å². The second-order valence-electron chi connectivity index (χ2n) is 8.97. The minimum atomic E-state index is -1.11. The predicted octanol–water partition coefficient (Wildman–Crippen LogP) is 5.02. The quantitative estimate of drug-likeness (QED) is 0.417. The lowest BCUT2D eigenvalue weighted by molar-refractivity contribution is -0.140. The molecule has 2 N–H and O–H groups in total. The normalized spacial score (nSPS) is 31.6. The molecule has 0 bridgehead atoms. The maximum absolute atomic E-state index is 12.3. The molecule has 1 aliphatic heterocycles. The average Bonchev–Trinajstić information content (AvgIpc) is 2.86. The van der Waals surface area contributed by atoms with Crippen LogP contribution in [-0.2, 0) is 19.0 Å². The van der Waals surface area contributed by atoms with Crippen LogP contribution in [0.25, 0.3) is 0 Å². The molecular formula is C30H44O6. The molecule has 200 valence electrons. The number of methoxy groups -OCH3 is 2. The van der Waals surface area contributed by atoms with Crippen LogP contribution in [0.1, 0.15) is 40.5 Å². The van der Waals surface area contributed by atoms with Gasteiger partial charge in [0.25, 0.3) is 0 Å². The fraction of sp³-hybridized carbons (Fsp3) is 0.500. The fourth-order valence-corrected chi connectivity index (χ4v) is 3.56. The molecule has 0 unspecified atom stereocenters. The average molecular weight is 501 g/mol. The first-order chi connectivity index (χ1) is 17.2. The first-order valence-electron chi connectivity index (χ1n) is 12.6. The third kappa shape index (κ3) is 12.0. The summed E-state index contributed by atoms with van der Waals surface area (Å²) in [5.74, 6) is -0.669. The van der Waals surface area contributed by atoms with E-state index in [0.29, 0.717) is 6.42 Å². The Hall–Kier alpha value is -2.51. The van der Waals surface area contributed by atoms with Crippen molar-refractivity contribution >= 4 is 5.97 Å². The molecule has 36 heavy (non-hydrogen) atoms. The highest BCUT2D eigenvalue weighted by Crippen LogP contribution is 2.18. The highest BCUT2D eigenvalue weighted by molar-refractivity contribution is 5.82. The molecule has 1 rings (SSSR count). The smallest absolute Gasteiger partial charge is 0.331 e. The molecular weight excluding hydrogens is 456 g/mol. The number of carbonyl (C=O) groups excluding carboxylic acids is 1. The SMILES string of the molecule is CCC=C[C@H]1CC=CC=C[C@@H](OC)[C@H](O)[C@H](O)[C@@H](C)C=C[C@H](OC)[C@@H](C)C=CC=C(C)C=CC(=O)O1. The summed E-state index contributed by atoms with van der Waals surface area (Å²) < 4.78 is 16.6. The van der Waals surface area contributed by atoms with E-state index in [9.17, 15) is 15.0 Å². The van der Waals surface area contributed by atoms with E-state index in [1.165, 1.54) is 13.2 Å². The van der Waals surface area contributed by atoms with E-state index < -0.39 is 24.3 Å². The van der Waals surface area contributed by atoms with Crippen LogP contribution in [0.5, 0.6) is 0 Å². The molecule has 0 fully saturated rings. The molecule has 0 aromatic carbocycles. The molecule has 6 nitrogen and oxygen atoms in total. The molecule has 6 heteroatoms. The van der Waals surface area contributed by atoms with Crippen molar-refractivity contribution < 1.29 is 29.2 Å². The summed E-state index contributed by atoms with van der Waals surface area (Å²) in [5.41, 5.74) is 0.908. The standard InChI is InChI=1S/C30H44O6/c1-7-8-15-25-16-10-9-11-17-27(35-6)30(33)29(32)24(4)19-20-26(34-5)23(3)14-12-13-22(2)18-21-28(31)36-25/h8-15,17-21,23-27,29-30,32-33H,7,16H2,1-6H3/t23-,24-,25-,26-,27+,29+,30-/m0/s1. The zero-order valence-corrected chi connectivity index (χ0v) is 22.5. The third-order valence-corrected chi connectivity index (χ3v) is 5.92. The number of hydrogen-bond acceptors (Lipinski definition) is 6. The van der Waals surface area contributed by atoms with E-state index in [-0.39, 0.29) is 24.0 Å². The molecule has 1 aliphatic rings. The van der Waals surface area contributed by atoms with Crippen molar-refractivity contribution in [3.8, 4) is 0 Å². The lowest BCUT2D eigenvalue weighted by Gasteiger charge is -2.27. The first-order valence-corrected chi connectivity index (χ1v) is 12.6. The lowest BCUT2D eigenvalue weighted by atomic mass is 9.94. The highest BCUT2D eigenvalue weighted by Gasteiger charge is 2.28. The van der Waals surface area contributed by atoms with Crippen LogP contribution in [-0.4, -0.2) is 60.9 Å². The van der Waals surface area contributed by atoms with Crippen LogP contribution < -0.4 is 0 Å². The summed E-state index contributed by atoms with van der Waals surface area (Å²) in [6.45, 7) is 7.81. The molecule has 0 aromatic heterocycles. The molecule has 0 saturated carbocycles. The van der Waals surface area contributed by atoms with E-state index in [1.807, 2.05) is 76.3 Å². The minimum Gasteiger partial charge on any atom is -0.455 e. The predicted molar refractivity (Wildman–Crippen MR) is 145 cm³/mol. The van der Waals surface area contributed by atoms with E-state index in [0.717, 1.165) is 12.0 Å². The fourth-order valence-electron chi connectivity index (χ4n) is 3.56. The first kappa shape index (κ1) is 31.5. The van der Waals surface area contributed by atoms with Gasteiger partial charge in [-0.2, -0.15) is 0 Å². The van der Waals surface area contributed by atoms with E-state index >= 15 is 0 Å². The van der Waals surface area contributed by atoms with Crippen molar-refractivity contribution in [1.82, 2.24) is 0 Å². The molecule has 7 atom stereocenters. The molecule has 0 spiro atoms. The van der Waals surface area contributed by atoms with Crippen LogP contribution in [0.15, 0.2) is 84.6 Å². The number of cyclic esters (lactones) is 1. The lowest BCUT2D eigenvalue weighted by Crippen LogP contribution is -2.40. The van der Waals surface area contributed by atoms with Crippen LogP contribution in [0.4, 0.5) is 0 Å². The number of aliphatic hydroxyl groups excluding tert-OH is 2. The minimum absolute atomic E-state index is 0.0592. The van der Waals surface area contributed by atoms with Crippen LogP contribution in [0.3, 0.4) is 0 Å². The maximum Gasteiger partial charge on any atom is 0.331 e. The summed E-state index contributed by atoms with van der Waals surface area (Å²) in [7, 11) is 3.12. The number of allylic oxidation sites excluding steroid dienone is 7. The Morgan fingerprint density at radius 1 is 0.944 bits per heavy atom. The van der Waals surface area contributed by atoms with Crippen LogP contribution in [0, 0.1) is 11.8 Å². The van der Waals surface area contributed by atoms with Crippen molar-refractivity contribution in [2.24, 2.45) is 11.8 Å². The van der Waals surface area contributed by atoms with Crippen molar-refractivity contribution in [3.05, 3.63) is 84.6 Å². The zero-order valence-electron chi connectivity index (χ0n) is 22.5. The maximum atomic E-state index is 12.3. The molecule has 0 aromatic rings. The summed E-state index contributed by atoms with van der Waals surface area (Å²) in [5, 5.41) is 21.4. The molecule has 0 amide bonds. The number of ether oxygens (including phenoxy) is 3. The summed E-state index contributed by atoms with van der Waals surface area (Å²) >= 11 is 0. The summed E-state index contributed by atoms with van der Waals surface area (Å²) in [4.78, 5) is 12.3. The van der Waals surface area contributed by atoms with Crippen LogP contribution >= 0.6 is 0 Å². The van der Waals surface area contributed by atoms with Gasteiger partial charge in [-0.15, -0.1) is 0 Å². The van der Waals surface area contributed by atoms with Gasteiger partial charge in [0, 0.05) is 38.6 Å². The topological polar surface area (TPSA) is 85.2 Å². The second kappa shape index (κ2) is 17.8. The van der Waals surface area contributed by atoms with Gasteiger partial charge in [-0.1, -0.05) is 93.2 Å². The zero-order chi connectivity index (χ0) is 26.9. The number of rotatable bonds is 4. The van der Waals surface area contributed by atoms with Gasteiger partial charge < -0.3 is 24.4 Å². The Morgan fingerprint density at radius 2 is 1.67 bits per heavy atom. The molecule has 0 aliphatic carbocycles. The molecule has 1 heterocycles. The Balaban J connectivity index is 3.24.